The molecule has 1 N–H and O–H groups in total. The lowest BCUT2D eigenvalue weighted by molar-refractivity contribution is -0.0167. The quantitative estimate of drug-likeness (QED) is 0.839. The van der Waals surface area contributed by atoms with Crippen LogP contribution in [0.2, 0.25) is 0 Å². The summed E-state index contributed by atoms with van der Waals surface area (Å²) in [4.78, 5) is 7.71. The second-order valence-electron chi connectivity index (χ2n) is 4.43. The smallest absolute Gasteiger partial charge is 0.140 e. The number of H-pyrrole nitrogens is 1. The highest BCUT2D eigenvalue weighted by molar-refractivity contribution is 7.71. The van der Waals surface area contributed by atoms with Crippen molar-refractivity contribution in [2.75, 3.05) is 14.2 Å². The number of ether oxygens (including phenoxy) is 2. The van der Waals surface area contributed by atoms with E-state index in [0.717, 1.165) is 24.4 Å². The third-order valence-electron chi connectivity index (χ3n) is 3.33. The summed E-state index contributed by atoms with van der Waals surface area (Å²) in [5, 5.41) is 0. The number of nitrogens with zero attached hydrogens (tertiary/aromatic N) is 1. The predicted octanol–water partition coefficient (Wildman–Crippen LogP) is 2.70. The van der Waals surface area contributed by atoms with Crippen LogP contribution in [0.3, 0.4) is 0 Å². The fourth-order valence-electron chi connectivity index (χ4n) is 2.44. The normalized spacial score (nSPS) is 18.5. The van der Waals surface area contributed by atoms with Crippen molar-refractivity contribution >= 4 is 12.2 Å². The van der Waals surface area contributed by atoms with Gasteiger partial charge in [0.05, 0.1) is 6.61 Å². The zero-order chi connectivity index (χ0) is 12.3. The molecule has 0 aliphatic heterocycles. The molecule has 1 aliphatic rings. The highest BCUT2D eigenvalue weighted by Gasteiger charge is 2.38. The molecule has 1 fully saturated rings. The fourth-order valence-corrected chi connectivity index (χ4v) is 2.67. The largest absolute Gasteiger partial charge is 0.378 e. The highest BCUT2D eigenvalue weighted by Crippen LogP contribution is 2.39. The minimum Gasteiger partial charge on any atom is -0.378 e. The van der Waals surface area contributed by atoms with Gasteiger partial charge in [-0.2, -0.15) is 0 Å². The first kappa shape index (κ1) is 12.7. The van der Waals surface area contributed by atoms with Crippen molar-refractivity contribution in [1.82, 2.24) is 9.97 Å². The standard InChI is InChI=1S/C12H18N2O2S/c1-15-8-9-7-10(17)14-11(13-9)12(16-2)5-3-4-6-12/h7H,3-6,8H2,1-2H3,(H,13,14,17). The van der Waals surface area contributed by atoms with Crippen molar-refractivity contribution in [3.63, 3.8) is 0 Å². The van der Waals surface area contributed by atoms with Gasteiger partial charge in [-0.25, -0.2) is 4.98 Å². The highest BCUT2D eigenvalue weighted by atomic mass is 32.1. The molecule has 0 atom stereocenters. The molecule has 1 aliphatic carbocycles. The number of nitrogens with one attached hydrogen (secondary N) is 1. The van der Waals surface area contributed by atoms with E-state index in [-0.39, 0.29) is 5.60 Å². The lowest BCUT2D eigenvalue weighted by Gasteiger charge is -2.26. The van der Waals surface area contributed by atoms with Gasteiger partial charge < -0.3 is 14.5 Å². The van der Waals surface area contributed by atoms with Crippen LogP contribution in [-0.4, -0.2) is 24.2 Å². The Kier molecular flexibility index (Phi) is 3.91. The lowest BCUT2D eigenvalue weighted by Crippen LogP contribution is -2.28. The van der Waals surface area contributed by atoms with Crippen molar-refractivity contribution in [3.05, 3.63) is 22.2 Å². The maximum absolute atomic E-state index is 5.69. The Morgan fingerprint density at radius 3 is 2.71 bits per heavy atom. The summed E-state index contributed by atoms with van der Waals surface area (Å²) in [5.41, 5.74) is 0.669. The Morgan fingerprint density at radius 1 is 1.41 bits per heavy atom. The zero-order valence-electron chi connectivity index (χ0n) is 10.3. The molecule has 0 amide bonds. The van der Waals surface area contributed by atoms with Gasteiger partial charge in [0.15, 0.2) is 0 Å². The molecule has 4 nitrogen and oxygen atoms in total. The van der Waals surface area contributed by atoms with Crippen LogP contribution >= 0.6 is 12.2 Å². The Labute approximate surface area is 106 Å². The summed E-state index contributed by atoms with van der Waals surface area (Å²) >= 11 is 5.19. The first-order chi connectivity index (χ1) is 8.20. The van der Waals surface area contributed by atoms with Gasteiger partial charge in [0.1, 0.15) is 16.1 Å². The molecule has 94 valence electrons. The zero-order valence-corrected chi connectivity index (χ0v) is 11.1. The number of methoxy groups -OCH3 is 2. The van der Waals surface area contributed by atoms with Crippen LogP contribution in [0.1, 0.15) is 37.2 Å². The molecule has 17 heavy (non-hydrogen) atoms. The second kappa shape index (κ2) is 5.25. The Hall–Kier alpha value is -0.780. The van der Waals surface area contributed by atoms with Gasteiger partial charge in [-0.1, -0.05) is 12.2 Å². The molecule has 1 aromatic rings. The molecule has 0 unspecified atom stereocenters. The average Bonchev–Trinajstić information content (AvgIpc) is 2.78. The maximum atomic E-state index is 5.69. The van der Waals surface area contributed by atoms with Gasteiger partial charge in [0.2, 0.25) is 0 Å². The Morgan fingerprint density at radius 2 is 2.12 bits per heavy atom. The summed E-state index contributed by atoms with van der Waals surface area (Å²) in [6.07, 6.45) is 4.34. The van der Waals surface area contributed by atoms with Crippen molar-refractivity contribution in [3.8, 4) is 0 Å². The van der Waals surface area contributed by atoms with Gasteiger partial charge in [0, 0.05) is 19.9 Å². The minimum absolute atomic E-state index is 0.280. The molecule has 1 heterocycles. The topological polar surface area (TPSA) is 47.1 Å². The number of aromatic nitrogens is 2. The first-order valence-electron chi connectivity index (χ1n) is 5.85. The first-order valence-corrected chi connectivity index (χ1v) is 6.26. The number of hydrogen-bond donors (Lipinski definition) is 1. The van der Waals surface area contributed by atoms with Gasteiger partial charge in [-0.05, 0) is 31.7 Å². The molecule has 0 saturated heterocycles. The van der Waals surface area contributed by atoms with Crippen LogP contribution in [0.25, 0.3) is 0 Å². The van der Waals surface area contributed by atoms with Crippen molar-refractivity contribution in [1.29, 1.82) is 0 Å². The van der Waals surface area contributed by atoms with E-state index < -0.39 is 0 Å². The third-order valence-corrected chi connectivity index (χ3v) is 3.54. The van der Waals surface area contributed by atoms with E-state index in [0.29, 0.717) is 11.2 Å². The van der Waals surface area contributed by atoms with Gasteiger partial charge in [-0.15, -0.1) is 0 Å². The molecule has 2 rings (SSSR count). The number of hydrogen-bond acceptors (Lipinski definition) is 4. The molecule has 0 aromatic carbocycles. The average molecular weight is 254 g/mol. The van der Waals surface area contributed by atoms with Crippen molar-refractivity contribution < 1.29 is 9.47 Å². The predicted molar refractivity (Wildman–Crippen MR) is 67.3 cm³/mol. The van der Waals surface area contributed by atoms with Gasteiger partial charge in [0.25, 0.3) is 0 Å². The molecule has 0 spiro atoms. The second-order valence-corrected chi connectivity index (χ2v) is 4.85. The summed E-state index contributed by atoms with van der Waals surface area (Å²) in [6, 6.07) is 1.83. The molecule has 1 saturated carbocycles. The van der Waals surface area contributed by atoms with Crippen LogP contribution in [0.5, 0.6) is 0 Å². The van der Waals surface area contributed by atoms with Gasteiger partial charge in [-0.3, -0.25) is 0 Å². The third kappa shape index (κ3) is 2.56. The van der Waals surface area contributed by atoms with Crippen LogP contribution in [-0.2, 0) is 21.7 Å². The van der Waals surface area contributed by atoms with E-state index in [1.54, 1.807) is 14.2 Å². The molecular formula is C12H18N2O2S. The van der Waals surface area contributed by atoms with Crippen molar-refractivity contribution in [2.45, 2.75) is 37.9 Å². The molecule has 1 aromatic heterocycles. The summed E-state index contributed by atoms with van der Waals surface area (Å²) in [7, 11) is 3.41. The SMILES string of the molecule is COCc1cc(=S)nc(C2(OC)CCCC2)[nH]1. The maximum Gasteiger partial charge on any atom is 0.140 e. The monoisotopic (exact) mass is 254 g/mol. The van der Waals surface area contributed by atoms with E-state index in [1.165, 1.54) is 12.8 Å². The van der Waals surface area contributed by atoms with E-state index in [9.17, 15) is 0 Å². The number of rotatable bonds is 4. The van der Waals surface area contributed by atoms with Crippen molar-refractivity contribution in [2.24, 2.45) is 0 Å². The summed E-state index contributed by atoms with van der Waals surface area (Å²) < 4.78 is 11.4. The van der Waals surface area contributed by atoms with E-state index in [4.69, 9.17) is 21.7 Å². The van der Waals surface area contributed by atoms with Crippen LogP contribution in [0, 0.1) is 4.64 Å². The number of aromatic amines is 1. The minimum atomic E-state index is -0.280. The lowest BCUT2D eigenvalue weighted by atomic mass is 10.0. The fraction of sp³-hybridized carbons (Fsp3) is 0.667. The van der Waals surface area contributed by atoms with E-state index in [1.807, 2.05) is 6.07 Å². The van der Waals surface area contributed by atoms with E-state index >= 15 is 0 Å². The van der Waals surface area contributed by atoms with Gasteiger partial charge >= 0.3 is 0 Å². The van der Waals surface area contributed by atoms with E-state index in [2.05, 4.69) is 9.97 Å². The molecule has 0 bridgehead atoms. The summed E-state index contributed by atoms with van der Waals surface area (Å²) in [5.74, 6) is 0.844. The molecule has 0 radical (unpaired) electrons. The van der Waals surface area contributed by atoms with Crippen LogP contribution < -0.4 is 0 Å². The van der Waals surface area contributed by atoms with Crippen LogP contribution in [0.4, 0.5) is 0 Å². The Balaban J connectivity index is 2.39. The molecular weight excluding hydrogens is 236 g/mol. The summed E-state index contributed by atoms with van der Waals surface area (Å²) in [6.45, 7) is 0.513. The molecule has 5 heteroatoms. The Bertz CT molecular complexity index is 438. The van der Waals surface area contributed by atoms with Crippen LogP contribution in [0.15, 0.2) is 6.07 Å².